The Hall–Kier alpha value is -0.610. The summed E-state index contributed by atoms with van der Waals surface area (Å²) in [7, 11) is 0. The molecule has 1 aromatic heterocycles. The summed E-state index contributed by atoms with van der Waals surface area (Å²) in [5.74, 6) is 1.27. The molecule has 0 bridgehead atoms. The first-order chi connectivity index (χ1) is 7.79. The molecular formula is C11H17ClN2O2. The second-order valence-corrected chi connectivity index (χ2v) is 4.62. The van der Waals surface area contributed by atoms with Crippen molar-refractivity contribution >= 4 is 11.6 Å². The van der Waals surface area contributed by atoms with Crippen LogP contribution in [0.5, 0.6) is 0 Å². The van der Waals surface area contributed by atoms with Gasteiger partial charge in [-0.05, 0) is 25.7 Å². The molecule has 2 rings (SSSR count). The van der Waals surface area contributed by atoms with Gasteiger partial charge in [0.1, 0.15) is 0 Å². The summed E-state index contributed by atoms with van der Waals surface area (Å²) in [4.78, 5) is 4.28. The normalized spacial score (nSPS) is 22.5. The molecule has 1 aromatic rings. The van der Waals surface area contributed by atoms with Crippen LogP contribution < -0.4 is 0 Å². The highest BCUT2D eigenvalue weighted by Gasteiger charge is 2.18. The Morgan fingerprint density at radius 1 is 1.56 bits per heavy atom. The van der Waals surface area contributed by atoms with Crippen molar-refractivity contribution in [2.75, 3.05) is 6.61 Å². The molecule has 0 amide bonds. The van der Waals surface area contributed by atoms with Crippen molar-refractivity contribution < 1.29 is 9.26 Å². The third-order valence-corrected chi connectivity index (χ3v) is 3.33. The highest BCUT2D eigenvalue weighted by Crippen LogP contribution is 2.22. The molecule has 0 spiro atoms. The van der Waals surface area contributed by atoms with Gasteiger partial charge in [-0.3, -0.25) is 0 Å². The lowest BCUT2D eigenvalue weighted by atomic mass is 10.1. The van der Waals surface area contributed by atoms with Crippen LogP contribution in [0.3, 0.4) is 0 Å². The van der Waals surface area contributed by atoms with Crippen molar-refractivity contribution in [1.29, 1.82) is 0 Å². The highest BCUT2D eigenvalue weighted by molar-refractivity contribution is 6.20. The summed E-state index contributed by atoms with van der Waals surface area (Å²) in [6.07, 6.45) is 5.24. The Morgan fingerprint density at radius 2 is 2.44 bits per heavy atom. The number of alkyl halides is 1. The second kappa shape index (κ2) is 5.64. The van der Waals surface area contributed by atoms with E-state index in [1.165, 1.54) is 6.42 Å². The van der Waals surface area contributed by atoms with Crippen LogP contribution in [-0.4, -0.2) is 22.9 Å². The molecule has 0 aliphatic carbocycles. The molecule has 2 unspecified atom stereocenters. The van der Waals surface area contributed by atoms with E-state index in [0.29, 0.717) is 17.8 Å². The molecule has 1 fully saturated rings. The van der Waals surface area contributed by atoms with Crippen LogP contribution in [0.25, 0.3) is 0 Å². The van der Waals surface area contributed by atoms with Crippen LogP contribution in [0.4, 0.5) is 0 Å². The number of aromatic nitrogens is 2. The van der Waals surface area contributed by atoms with E-state index in [1.54, 1.807) is 0 Å². The fourth-order valence-electron chi connectivity index (χ4n) is 1.84. The van der Waals surface area contributed by atoms with E-state index in [4.69, 9.17) is 20.9 Å². The predicted octanol–water partition coefficient (Wildman–Crippen LogP) is 2.87. The molecule has 0 aromatic carbocycles. The summed E-state index contributed by atoms with van der Waals surface area (Å²) in [5, 5.41) is 3.73. The van der Waals surface area contributed by atoms with Crippen molar-refractivity contribution in [3.05, 3.63) is 11.7 Å². The van der Waals surface area contributed by atoms with Crippen LogP contribution in [0, 0.1) is 0 Å². The van der Waals surface area contributed by atoms with E-state index in [9.17, 15) is 0 Å². The van der Waals surface area contributed by atoms with Crippen molar-refractivity contribution in [2.45, 2.75) is 50.5 Å². The second-order valence-electron chi connectivity index (χ2n) is 4.10. The van der Waals surface area contributed by atoms with Crippen LogP contribution in [0.2, 0.25) is 0 Å². The van der Waals surface area contributed by atoms with Gasteiger partial charge in [0.25, 0.3) is 0 Å². The highest BCUT2D eigenvalue weighted by atomic mass is 35.5. The fourth-order valence-corrected chi connectivity index (χ4v) is 1.92. The van der Waals surface area contributed by atoms with Gasteiger partial charge in [0, 0.05) is 13.0 Å². The first-order valence-corrected chi connectivity index (χ1v) is 6.31. The largest absolute Gasteiger partial charge is 0.378 e. The average Bonchev–Trinajstić information content (AvgIpc) is 2.96. The van der Waals surface area contributed by atoms with Crippen molar-refractivity contribution in [2.24, 2.45) is 0 Å². The van der Waals surface area contributed by atoms with Crippen LogP contribution in [-0.2, 0) is 11.2 Å². The van der Waals surface area contributed by atoms with Gasteiger partial charge in [0.05, 0.1) is 11.5 Å². The molecule has 16 heavy (non-hydrogen) atoms. The molecule has 1 aliphatic heterocycles. The van der Waals surface area contributed by atoms with Gasteiger partial charge in [-0.15, -0.1) is 11.6 Å². The minimum atomic E-state index is -0.139. The molecule has 0 radical (unpaired) electrons. The minimum absolute atomic E-state index is 0.139. The molecule has 0 saturated carbocycles. The number of ether oxygens (including phenoxy) is 1. The van der Waals surface area contributed by atoms with Crippen molar-refractivity contribution in [3.63, 3.8) is 0 Å². The maximum absolute atomic E-state index is 6.02. The molecule has 4 nitrogen and oxygen atoms in total. The zero-order valence-corrected chi connectivity index (χ0v) is 10.2. The van der Waals surface area contributed by atoms with Gasteiger partial charge in [0.2, 0.25) is 5.89 Å². The smallest absolute Gasteiger partial charge is 0.226 e. The maximum Gasteiger partial charge on any atom is 0.226 e. The Kier molecular flexibility index (Phi) is 4.18. The van der Waals surface area contributed by atoms with E-state index in [0.717, 1.165) is 32.3 Å². The van der Waals surface area contributed by atoms with Gasteiger partial charge in [-0.25, -0.2) is 0 Å². The van der Waals surface area contributed by atoms with Gasteiger partial charge >= 0.3 is 0 Å². The third kappa shape index (κ3) is 2.95. The zero-order chi connectivity index (χ0) is 11.4. The summed E-state index contributed by atoms with van der Waals surface area (Å²) < 4.78 is 10.7. The molecule has 1 saturated heterocycles. The third-order valence-electron chi connectivity index (χ3n) is 2.83. The summed E-state index contributed by atoms with van der Waals surface area (Å²) >= 11 is 6.02. The minimum Gasteiger partial charge on any atom is -0.378 e. The fraction of sp³-hybridized carbons (Fsp3) is 0.818. The molecule has 1 aliphatic rings. The Bertz CT molecular complexity index is 324. The maximum atomic E-state index is 6.02. The van der Waals surface area contributed by atoms with Crippen LogP contribution in [0.1, 0.15) is 49.7 Å². The monoisotopic (exact) mass is 244 g/mol. The number of halogens is 1. The lowest BCUT2D eigenvalue weighted by Crippen LogP contribution is -2.06. The molecule has 90 valence electrons. The van der Waals surface area contributed by atoms with E-state index in [2.05, 4.69) is 10.1 Å². The first kappa shape index (κ1) is 11.9. The summed E-state index contributed by atoms with van der Waals surface area (Å²) in [5.41, 5.74) is 0. The number of hydrogen-bond donors (Lipinski definition) is 0. The number of aryl methyl sites for hydroxylation is 1. The molecular weight excluding hydrogens is 228 g/mol. The molecule has 5 heteroatoms. The predicted molar refractivity (Wildman–Crippen MR) is 60.5 cm³/mol. The van der Waals surface area contributed by atoms with Gasteiger partial charge in [-0.1, -0.05) is 12.1 Å². The lowest BCUT2D eigenvalue weighted by molar-refractivity contribution is 0.102. The van der Waals surface area contributed by atoms with Crippen molar-refractivity contribution in [1.82, 2.24) is 10.1 Å². The standard InChI is InChI=1S/C11H17ClN2O2/c1-2-9(12)11-13-10(16-14-11)6-5-8-4-3-7-15-8/h8-9H,2-7H2,1H3. The lowest BCUT2D eigenvalue weighted by Gasteiger charge is -2.05. The Labute approximate surface area is 100 Å². The number of hydrogen-bond acceptors (Lipinski definition) is 4. The Morgan fingerprint density at radius 3 is 3.12 bits per heavy atom. The zero-order valence-electron chi connectivity index (χ0n) is 9.49. The van der Waals surface area contributed by atoms with Crippen molar-refractivity contribution in [3.8, 4) is 0 Å². The molecule has 2 heterocycles. The molecule has 0 N–H and O–H groups in total. The van der Waals surface area contributed by atoms with E-state index < -0.39 is 0 Å². The quantitative estimate of drug-likeness (QED) is 0.748. The topological polar surface area (TPSA) is 48.2 Å². The first-order valence-electron chi connectivity index (χ1n) is 5.87. The van der Waals surface area contributed by atoms with E-state index >= 15 is 0 Å². The number of rotatable bonds is 5. The van der Waals surface area contributed by atoms with Gasteiger partial charge in [-0.2, -0.15) is 4.98 Å². The molecule has 2 atom stereocenters. The Balaban J connectivity index is 1.82. The van der Waals surface area contributed by atoms with E-state index in [1.807, 2.05) is 6.92 Å². The van der Waals surface area contributed by atoms with Gasteiger partial charge in [0.15, 0.2) is 5.82 Å². The summed E-state index contributed by atoms with van der Waals surface area (Å²) in [6.45, 7) is 2.89. The summed E-state index contributed by atoms with van der Waals surface area (Å²) in [6, 6.07) is 0. The van der Waals surface area contributed by atoms with Gasteiger partial charge < -0.3 is 9.26 Å². The average molecular weight is 245 g/mol. The SMILES string of the molecule is CCC(Cl)c1noc(CCC2CCCO2)n1. The van der Waals surface area contributed by atoms with E-state index in [-0.39, 0.29) is 5.38 Å². The number of nitrogens with zero attached hydrogens (tertiary/aromatic N) is 2. The van der Waals surface area contributed by atoms with Crippen LogP contribution >= 0.6 is 11.6 Å². The van der Waals surface area contributed by atoms with Crippen LogP contribution in [0.15, 0.2) is 4.52 Å².